The molecule has 0 aromatic heterocycles. The number of hydrogen-bond acceptors (Lipinski definition) is 2. The van der Waals surface area contributed by atoms with Gasteiger partial charge in [0.1, 0.15) is 0 Å². The van der Waals surface area contributed by atoms with E-state index in [1.54, 1.807) is 0 Å². The highest BCUT2D eigenvalue weighted by molar-refractivity contribution is 6.53. The Morgan fingerprint density at radius 1 is 1.43 bits per heavy atom. The maximum atomic E-state index is 11.3. The third kappa shape index (κ3) is 2.75. The van der Waals surface area contributed by atoms with E-state index in [1.807, 2.05) is 0 Å². The zero-order valence-corrected chi connectivity index (χ0v) is 8.96. The zero-order chi connectivity index (χ0) is 10.7. The second kappa shape index (κ2) is 4.84. The average Bonchev–Trinajstić information content (AvgIpc) is 2.16. The molecule has 1 aliphatic rings. The molecule has 1 N–H and O–H groups in total. The van der Waals surface area contributed by atoms with Gasteiger partial charge in [-0.2, -0.15) is 0 Å². The van der Waals surface area contributed by atoms with Gasteiger partial charge in [0.25, 0.3) is 5.91 Å². The number of nitrogens with zero attached hydrogens (tertiary/aromatic N) is 1. The molecule has 0 spiro atoms. The number of halogens is 2. The van der Waals surface area contributed by atoms with E-state index in [9.17, 15) is 9.59 Å². The standard InChI is InChI=1S/C8H11Cl2NO3/c9-6(10)7(12)11-3-1-2-5(4-11)8(13)14/h5-6H,1-4H2,(H,13,14)/t5-/m1/s1. The Labute approximate surface area is 91.8 Å². The van der Waals surface area contributed by atoms with Crippen LogP contribution < -0.4 is 0 Å². The van der Waals surface area contributed by atoms with Crippen LogP contribution in [0.3, 0.4) is 0 Å². The van der Waals surface area contributed by atoms with Gasteiger partial charge >= 0.3 is 5.97 Å². The summed E-state index contributed by atoms with van der Waals surface area (Å²) >= 11 is 10.8. The molecule has 1 amide bonds. The van der Waals surface area contributed by atoms with Gasteiger partial charge in [-0.15, -0.1) is 0 Å². The maximum Gasteiger partial charge on any atom is 0.308 e. The number of amides is 1. The van der Waals surface area contributed by atoms with Gasteiger partial charge in [-0.25, -0.2) is 0 Å². The summed E-state index contributed by atoms with van der Waals surface area (Å²) in [5.41, 5.74) is 0. The second-order valence-corrected chi connectivity index (χ2v) is 4.36. The molecule has 14 heavy (non-hydrogen) atoms. The number of rotatable bonds is 2. The van der Waals surface area contributed by atoms with Gasteiger partial charge in [0, 0.05) is 13.1 Å². The van der Waals surface area contributed by atoms with E-state index < -0.39 is 22.6 Å². The number of alkyl halides is 2. The molecule has 4 nitrogen and oxygen atoms in total. The van der Waals surface area contributed by atoms with Crippen LogP contribution >= 0.6 is 23.2 Å². The third-order valence-corrected chi connectivity index (χ3v) is 2.64. The van der Waals surface area contributed by atoms with Crippen molar-refractivity contribution in [2.75, 3.05) is 13.1 Å². The van der Waals surface area contributed by atoms with E-state index >= 15 is 0 Å². The van der Waals surface area contributed by atoms with E-state index in [0.717, 1.165) is 0 Å². The topological polar surface area (TPSA) is 57.6 Å². The molecule has 0 radical (unpaired) electrons. The van der Waals surface area contributed by atoms with Crippen LogP contribution in [0, 0.1) is 5.92 Å². The van der Waals surface area contributed by atoms with Crippen LogP contribution in [0.5, 0.6) is 0 Å². The summed E-state index contributed by atoms with van der Waals surface area (Å²) in [6.45, 7) is 0.753. The summed E-state index contributed by atoms with van der Waals surface area (Å²) in [5.74, 6) is -1.76. The Hall–Kier alpha value is -0.480. The fraction of sp³-hybridized carbons (Fsp3) is 0.750. The van der Waals surface area contributed by atoms with Crippen LogP contribution in [-0.4, -0.2) is 39.8 Å². The number of carbonyl (C=O) groups excluding carboxylic acids is 1. The molecule has 6 heteroatoms. The molecule has 0 unspecified atom stereocenters. The minimum atomic E-state index is -1.09. The van der Waals surface area contributed by atoms with E-state index in [2.05, 4.69) is 0 Å². The largest absolute Gasteiger partial charge is 0.481 e. The molecule has 0 aromatic rings. The molecule has 1 fully saturated rings. The smallest absolute Gasteiger partial charge is 0.308 e. The van der Waals surface area contributed by atoms with Crippen molar-refractivity contribution in [3.8, 4) is 0 Å². The monoisotopic (exact) mass is 239 g/mol. The summed E-state index contributed by atoms with van der Waals surface area (Å²) in [7, 11) is 0. The van der Waals surface area contributed by atoms with Crippen molar-refractivity contribution in [3.05, 3.63) is 0 Å². The number of piperidine rings is 1. The average molecular weight is 240 g/mol. The summed E-state index contributed by atoms with van der Waals surface area (Å²) < 4.78 is 0. The Morgan fingerprint density at radius 3 is 2.57 bits per heavy atom. The number of likely N-dealkylation sites (tertiary alicyclic amines) is 1. The fourth-order valence-electron chi connectivity index (χ4n) is 1.52. The van der Waals surface area contributed by atoms with Gasteiger partial charge in [0.2, 0.25) is 0 Å². The molecule has 0 aromatic carbocycles. The molecule has 1 atom stereocenters. The molecule has 0 bridgehead atoms. The number of carboxylic acids is 1. The van der Waals surface area contributed by atoms with Crippen molar-refractivity contribution in [1.82, 2.24) is 4.90 Å². The lowest BCUT2D eigenvalue weighted by atomic mass is 9.98. The van der Waals surface area contributed by atoms with Crippen LogP contribution in [0.2, 0.25) is 0 Å². The minimum absolute atomic E-state index is 0.212. The quantitative estimate of drug-likeness (QED) is 0.735. The zero-order valence-electron chi connectivity index (χ0n) is 7.45. The van der Waals surface area contributed by atoms with Crippen molar-refractivity contribution in [3.63, 3.8) is 0 Å². The van der Waals surface area contributed by atoms with Gasteiger partial charge in [0.05, 0.1) is 5.92 Å². The molecule has 1 saturated heterocycles. The first kappa shape index (κ1) is 11.6. The molecule has 1 rings (SSSR count). The molecule has 1 aliphatic heterocycles. The predicted molar refractivity (Wildman–Crippen MR) is 52.4 cm³/mol. The van der Waals surface area contributed by atoms with Gasteiger partial charge in [-0.05, 0) is 12.8 Å². The van der Waals surface area contributed by atoms with E-state index in [1.165, 1.54) is 4.90 Å². The lowest BCUT2D eigenvalue weighted by Gasteiger charge is -2.30. The van der Waals surface area contributed by atoms with Crippen molar-refractivity contribution in [1.29, 1.82) is 0 Å². The van der Waals surface area contributed by atoms with Crippen LogP contribution in [0.15, 0.2) is 0 Å². The highest BCUT2D eigenvalue weighted by atomic mass is 35.5. The summed E-state index contributed by atoms with van der Waals surface area (Å²) in [5, 5.41) is 8.77. The van der Waals surface area contributed by atoms with Crippen molar-refractivity contribution in [2.24, 2.45) is 5.92 Å². The van der Waals surface area contributed by atoms with Crippen LogP contribution in [0.4, 0.5) is 0 Å². The number of carboxylic acid groups (broad SMARTS) is 1. The highest BCUT2D eigenvalue weighted by Crippen LogP contribution is 2.19. The lowest BCUT2D eigenvalue weighted by Crippen LogP contribution is -2.44. The Kier molecular flexibility index (Phi) is 4.01. The summed E-state index contributed by atoms with van der Waals surface area (Å²) in [6, 6.07) is 0. The first-order valence-corrected chi connectivity index (χ1v) is 5.19. The fourth-order valence-corrected chi connectivity index (χ4v) is 1.79. The molecule has 0 aliphatic carbocycles. The lowest BCUT2D eigenvalue weighted by molar-refractivity contribution is -0.145. The summed E-state index contributed by atoms with van der Waals surface area (Å²) in [4.78, 5) is 22.3. The van der Waals surface area contributed by atoms with Crippen LogP contribution in [0.25, 0.3) is 0 Å². The third-order valence-electron chi connectivity index (χ3n) is 2.27. The Balaban J connectivity index is 2.56. The number of aliphatic carboxylic acids is 1. The number of carbonyl (C=O) groups is 2. The van der Waals surface area contributed by atoms with E-state index in [4.69, 9.17) is 28.3 Å². The number of hydrogen-bond donors (Lipinski definition) is 1. The molecular formula is C8H11Cl2NO3. The van der Waals surface area contributed by atoms with Gasteiger partial charge in [-0.3, -0.25) is 9.59 Å². The van der Waals surface area contributed by atoms with Crippen molar-refractivity contribution >= 4 is 35.1 Å². The predicted octanol–water partition coefficient (Wildman–Crippen LogP) is 1.11. The Morgan fingerprint density at radius 2 is 2.07 bits per heavy atom. The van der Waals surface area contributed by atoms with Crippen LogP contribution in [0.1, 0.15) is 12.8 Å². The van der Waals surface area contributed by atoms with E-state index in [-0.39, 0.29) is 6.54 Å². The highest BCUT2D eigenvalue weighted by Gasteiger charge is 2.30. The van der Waals surface area contributed by atoms with Crippen LogP contribution in [-0.2, 0) is 9.59 Å². The summed E-state index contributed by atoms with van der Waals surface area (Å²) in [6.07, 6.45) is 1.29. The minimum Gasteiger partial charge on any atom is -0.481 e. The second-order valence-electron chi connectivity index (χ2n) is 3.26. The van der Waals surface area contributed by atoms with Crippen molar-refractivity contribution < 1.29 is 14.7 Å². The molecule has 0 saturated carbocycles. The van der Waals surface area contributed by atoms with Gasteiger partial charge < -0.3 is 10.0 Å². The molecular weight excluding hydrogens is 229 g/mol. The van der Waals surface area contributed by atoms with Gasteiger partial charge in [0.15, 0.2) is 4.84 Å². The molecule has 1 heterocycles. The normalized spacial score (nSPS) is 22.5. The maximum absolute atomic E-state index is 11.3. The van der Waals surface area contributed by atoms with Gasteiger partial charge in [-0.1, -0.05) is 23.2 Å². The Bertz CT molecular complexity index is 245. The SMILES string of the molecule is O=C(O)[C@@H]1CCCN(C(=O)C(Cl)Cl)C1. The van der Waals surface area contributed by atoms with Crippen molar-refractivity contribution in [2.45, 2.75) is 17.7 Å². The first-order chi connectivity index (χ1) is 6.52. The molecule has 80 valence electrons. The van der Waals surface area contributed by atoms with E-state index in [0.29, 0.717) is 19.4 Å². The first-order valence-electron chi connectivity index (χ1n) is 4.32.